The molecule has 2 heterocycles. The van der Waals surface area contributed by atoms with Gasteiger partial charge in [-0.15, -0.1) is 10.2 Å². The summed E-state index contributed by atoms with van der Waals surface area (Å²) in [7, 11) is 0. The van der Waals surface area contributed by atoms with Gasteiger partial charge in [0.2, 0.25) is 11.7 Å². The highest BCUT2D eigenvalue weighted by molar-refractivity contribution is 9.10. The van der Waals surface area contributed by atoms with E-state index in [1.54, 1.807) is 4.57 Å². The quantitative estimate of drug-likeness (QED) is 0.393. The maximum absolute atomic E-state index is 13.0. The first-order valence-corrected chi connectivity index (χ1v) is 11.4. The summed E-state index contributed by atoms with van der Waals surface area (Å²) < 4.78 is 4.43. The Kier molecular flexibility index (Phi) is 6.19. The lowest BCUT2D eigenvalue weighted by molar-refractivity contribution is -0.113. The van der Waals surface area contributed by atoms with Crippen molar-refractivity contribution < 1.29 is 4.79 Å². The molecule has 0 aliphatic rings. The van der Waals surface area contributed by atoms with Gasteiger partial charge >= 0.3 is 0 Å². The number of unbranched alkanes of at least 4 members (excludes halogenated alkanes) is 1. The lowest BCUT2D eigenvalue weighted by Crippen LogP contribution is -2.23. The molecule has 0 radical (unpaired) electrons. The molecular formula is C21H20BrN5O2S. The van der Waals surface area contributed by atoms with Crippen molar-refractivity contribution in [1.82, 2.24) is 19.2 Å². The van der Waals surface area contributed by atoms with E-state index in [1.165, 1.54) is 11.8 Å². The molecule has 0 fully saturated rings. The molecule has 1 N–H and O–H groups in total. The van der Waals surface area contributed by atoms with E-state index < -0.39 is 0 Å². The van der Waals surface area contributed by atoms with E-state index in [0.717, 1.165) is 28.5 Å². The van der Waals surface area contributed by atoms with Gasteiger partial charge in [0.1, 0.15) is 0 Å². The molecule has 4 aromatic rings. The second kappa shape index (κ2) is 9.01. The van der Waals surface area contributed by atoms with Gasteiger partial charge in [0.25, 0.3) is 5.56 Å². The van der Waals surface area contributed by atoms with E-state index in [9.17, 15) is 9.59 Å². The molecule has 0 aliphatic heterocycles. The van der Waals surface area contributed by atoms with Crippen molar-refractivity contribution in [3.8, 4) is 0 Å². The zero-order valence-electron chi connectivity index (χ0n) is 16.3. The smallest absolute Gasteiger partial charge is 0.262 e. The van der Waals surface area contributed by atoms with Gasteiger partial charge in [-0.1, -0.05) is 59.2 Å². The Morgan fingerprint density at radius 2 is 2.00 bits per heavy atom. The van der Waals surface area contributed by atoms with Crippen LogP contribution >= 0.6 is 27.7 Å². The minimum Gasteiger partial charge on any atom is -0.325 e. The molecule has 0 atom stereocenters. The number of halogens is 1. The van der Waals surface area contributed by atoms with Crippen molar-refractivity contribution in [2.24, 2.45) is 0 Å². The Morgan fingerprint density at radius 1 is 1.17 bits per heavy atom. The molecule has 9 heteroatoms. The Hall–Kier alpha value is -2.65. The fourth-order valence-corrected chi connectivity index (χ4v) is 4.38. The van der Waals surface area contributed by atoms with Gasteiger partial charge in [-0.3, -0.25) is 18.6 Å². The minimum absolute atomic E-state index is 0.0668. The second-order valence-corrected chi connectivity index (χ2v) is 8.65. The van der Waals surface area contributed by atoms with Crippen molar-refractivity contribution in [1.29, 1.82) is 0 Å². The van der Waals surface area contributed by atoms with E-state index in [4.69, 9.17) is 0 Å². The molecule has 2 aromatic heterocycles. The summed E-state index contributed by atoms with van der Waals surface area (Å²) in [5, 5.41) is 12.6. The number of hydrogen-bond acceptors (Lipinski definition) is 5. The molecule has 0 saturated heterocycles. The number of nitrogens with zero attached hydrogens (tertiary/aromatic N) is 4. The van der Waals surface area contributed by atoms with Gasteiger partial charge in [-0.2, -0.15) is 0 Å². The Balaban J connectivity index is 1.65. The molecule has 4 rings (SSSR count). The van der Waals surface area contributed by atoms with Gasteiger partial charge in [0, 0.05) is 16.7 Å². The first-order valence-electron chi connectivity index (χ1n) is 9.63. The average molecular weight is 486 g/mol. The third-order valence-corrected chi connectivity index (χ3v) is 6.08. The lowest BCUT2D eigenvalue weighted by Gasteiger charge is -2.11. The number of rotatable bonds is 7. The lowest BCUT2D eigenvalue weighted by atomic mass is 10.2. The molecule has 0 aliphatic carbocycles. The van der Waals surface area contributed by atoms with Gasteiger partial charge in [-0.05, 0) is 36.8 Å². The molecule has 0 saturated carbocycles. The van der Waals surface area contributed by atoms with Crippen molar-refractivity contribution >= 4 is 56.0 Å². The summed E-state index contributed by atoms with van der Waals surface area (Å²) in [4.78, 5) is 25.4. The molecule has 30 heavy (non-hydrogen) atoms. The molecule has 0 unspecified atom stereocenters. The number of hydrogen-bond donors (Lipinski definition) is 1. The first-order chi connectivity index (χ1) is 14.6. The van der Waals surface area contributed by atoms with Crippen LogP contribution in [0.25, 0.3) is 16.7 Å². The van der Waals surface area contributed by atoms with Crippen LogP contribution in [0.3, 0.4) is 0 Å². The fraction of sp³-hybridized carbons (Fsp3) is 0.238. The van der Waals surface area contributed by atoms with Crippen molar-refractivity contribution in [2.75, 3.05) is 11.1 Å². The number of anilines is 1. The standard InChI is InChI=1S/C21H20BrN5O2S/c1-2-3-11-26-19(29)16-9-4-5-10-17(16)27-20(26)24-25-21(27)30-13-18(28)23-15-8-6-7-14(22)12-15/h4-10,12H,2-3,11,13H2,1H3,(H,23,28). The zero-order chi connectivity index (χ0) is 21.1. The fourth-order valence-electron chi connectivity index (χ4n) is 3.24. The third kappa shape index (κ3) is 4.13. The van der Waals surface area contributed by atoms with Crippen molar-refractivity contribution in [3.05, 3.63) is 63.4 Å². The monoisotopic (exact) mass is 485 g/mol. The van der Waals surface area contributed by atoms with Crippen LogP contribution in [0.4, 0.5) is 5.69 Å². The van der Waals surface area contributed by atoms with Crippen molar-refractivity contribution in [2.45, 2.75) is 31.5 Å². The predicted molar refractivity (Wildman–Crippen MR) is 123 cm³/mol. The normalized spacial score (nSPS) is 11.3. The minimum atomic E-state index is -0.140. The van der Waals surface area contributed by atoms with Gasteiger partial charge in [0.15, 0.2) is 5.16 Å². The highest BCUT2D eigenvalue weighted by Gasteiger charge is 2.17. The van der Waals surface area contributed by atoms with Gasteiger partial charge in [0.05, 0.1) is 16.7 Å². The number of fused-ring (bicyclic) bond motifs is 3. The van der Waals surface area contributed by atoms with Gasteiger partial charge in [-0.25, -0.2) is 0 Å². The third-order valence-electron chi connectivity index (χ3n) is 4.65. The molecule has 1 amide bonds. The molecule has 2 aromatic carbocycles. The second-order valence-electron chi connectivity index (χ2n) is 6.79. The van der Waals surface area contributed by atoms with Crippen LogP contribution in [-0.4, -0.2) is 30.8 Å². The maximum Gasteiger partial charge on any atom is 0.262 e. The highest BCUT2D eigenvalue weighted by atomic mass is 79.9. The number of aryl methyl sites for hydroxylation is 1. The van der Waals surface area contributed by atoms with Crippen LogP contribution in [0.5, 0.6) is 0 Å². The van der Waals surface area contributed by atoms with Gasteiger partial charge < -0.3 is 5.32 Å². The number of carbonyl (C=O) groups excluding carboxylic acids is 1. The summed E-state index contributed by atoms with van der Waals surface area (Å²) in [6.45, 7) is 2.66. The Labute approximate surface area is 185 Å². The Bertz CT molecular complexity index is 1280. The number of nitrogens with one attached hydrogen (secondary N) is 1. The van der Waals surface area contributed by atoms with Crippen LogP contribution < -0.4 is 10.9 Å². The van der Waals surface area contributed by atoms with Crippen LogP contribution in [-0.2, 0) is 11.3 Å². The van der Waals surface area contributed by atoms with Crippen LogP contribution in [0.15, 0.2) is 63.0 Å². The predicted octanol–water partition coefficient (Wildman–Crippen LogP) is 4.34. The van der Waals surface area contributed by atoms with E-state index in [1.807, 2.05) is 52.9 Å². The van der Waals surface area contributed by atoms with Crippen LogP contribution in [0, 0.1) is 0 Å². The molecule has 0 bridgehead atoms. The summed E-state index contributed by atoms with van der Waals surface area (Å²) in [6.07, 6.45) is 1.84. The summed E-state index contributed by atoms with van der Waals surface area (Å²) in [5.41, 5.74) is 1.40. The zero-order valence-corrected chi connectivity index (χ0v) is 18.7. The number of thioether (sulfide) groups is 1. The highest BCUT2D eigenvalue weighted by Crippen LogP contribution is 2.22. The van der Waals surface area contributed by atoms with E-state index in [2.05, 4.69) is 38.4 Å². The first kappa shape index (κ1) is 20.6. The number of benzene rings is 2. The molecule has 0 spiro atoms. The SMILES string of the molecule is CCCCn1c(=O)c2ccccc2n2c(SCC(=O)Nc3cccc(Br)c3)nnc12. The topological polar surface area (TPSA) is 81.3 Å². The van der Waals surface area contributed by atoms with E-state index in [-0.39, 0.29) is 17.2 Å². The summed E-state index contributed by atoms with van der Waals surface area (Å²) in [6, 6.07) is 14.9. The van der Waals surface area contributed by atoms with Crippen LogP contribution in [0.1, 0.15) is 19.8 Å². The maximum atomic E-state index is 13.0. The summed E-state index contributed by atoms with van der Waals surface area (Å²) in [5.74, 6) is 0.538. The number of aromatic nitrogens is 4. The average Bonchev–Trinajstić information content (AvgIpc) is 3.16. The van der Waals surface area contributed by atoms with Crippen LogP contribution in [0.2, 0.25) is 0 Å². The summed E-state index contributed by atoms with van der Waals surface area (Å²) >= 11 is 4.69. The molecular weight excluding hydrogens is 466 g/mol. The number of carbonyl (C=O) groups is 1. The molecule has 7 nitrogen and oxygen atoms in total. The van der Waals surface area contributed by atoms with Crippen molar-refractivity contribution in [3.63, 3.8) is 0 Å². The number of para-hydroxylation sites is 1. The largest absolute Gasteiger partial charge is 0.325 e. The number of amides is 1. The Morgan fingerprint density at radius 3 is 2.80 bits per heavy atom. The van der Waals surface area contributed by atoms with E-state index in [0.29, 0.717) is 22.9 Å². The molecule has 154 valence electrons. The van der Waals surface area contributed by atoms with E-state index >= 15 is 0 Å².